The van der Waals surface area contributed by atoms with Gasteiger partial charge in [0.05, 0.1) is 5.69 Å². The third kappa shape index (κ3) is 2.35. The molecule has 0 radical (unpaired) electrons. The van der Waals surface area contributed by atoms with E-state index >= 15 is 0 Å². The van der Waals surface area contributed by atoms with Crippen molar-refractivity contribution in [3.63, 3.8) is 0 Å². The zero-order valence-corrected chi connectivity index (χ0v) is 11.4. The quantitative estimate of drug-likeness (QED) is 0.893. The van der Waals surface area contributed by atoms with Crippen LogP contribution in [0, 0.1) is 20.8 Å². The SMILES string of the molecule is CCNc1ncnc(-c2cc(C)ccc2C)c1C. The number of aromatic nitrogens is 2. The molecule has 0 bridgehead atoms. The Morgan fingerprint density at radius 1 is 1.11 bits per heavy atom. The molecule has 18 heavy (non-hydrogen) atoms. The van der Waals surface area contributed by atoms with E-state index in [1.807, 2.05) is 0 Å². The van der Waals surface area contributed by atoms with Crippen molar-refractivity contribution in [2.75, 3.05) is 11.9 Å². The van der Waals surface area contributed by atoms with E-state index in [1.54, 1.807) is 6.33 Å². The molecule has 1 heterocycles. The number of hydrogen-bond donors (Lipinski definition) is 1. The summed E-state index contributed by atoms with van der Waals surface area (Å²) in [6, 6.07) is 6.44. The van der Waals surface area contributed by atoms with Gasteiger partial charge in [-0.1, -0.05) is 17.7 Å². The number of nitrogens with zero attached hydrogens (tertiary/aromatic N) is 2. The average molecular weight is 241 g/mol. The molecule has 94 valence electrons. The molecule has 3 nitrogen and oxygen atoms in total. The second-order valence-corrected chi connectivity index (χ2v) is 4.54. The fourth-order valence-electron chi connectivity index (χ4n) is 2.06. The van der Waals surface area contributed by atoms with E-state index in [9.17, 15) is 0 Å². The Morgan fingerprint density at radius 2 is 1.89 bits per heavy atom. The lowest BCUT2D eigenvalue weighted by atomic mass is 10.00. The van der Waals surface area contributed by atoms with E-state index in [1.165, 1.54) is 16.7 Å². The molecule has 0 saturated heterocycles. The average Bonchev–Trinajstić information content (AvgIpc) is 2.35. The Balaban J connectivity index is 2.57. The highest BCUT2D eigenvalue weighted by atomic mass is 15.0. The van der Waals surface area contributed by atoms with E-state index in [0.29, 0.717) is 0 Å². The van der Waals surface area contributed by atoms with Gasteiger partial charge >= 0.3 is 0 Å². The summed E-state index contributed by atoms with van der Waals surface area (Å²) >= 11 is 0. The van der Waals surface area contributed by atoms with Crippen molar-refractivity contribution >= 4 is 5.82 Å². The minimum absolute atomic E-state index is 0.865. The van der Waals surface area contributed by atoms with Gasteiger partial charge in [0.1, 0.15) is 12.1 Å². The van der Waals surface area contributed by atoms with Gasteiger partial charge < -0.3 is 5.32 Å². The van der Waals surface area contributed by atoms with Crippen LogP contribution in [0.4, 0.5) is 5.82 Å². The number of benzene rings is 1. The summed E-state index contributed by atoms with van der Waals surface area (Å²) in [5.74, 6) is 0.920. The number of aryl methyl sites for hydroxylation is 2. The monoisotopic (exact) mass is 241 g/mol. The van der Waals surface area contributed by atoms with Crippen LogP contribution in [-0.4, -0.2) is 16.5 Å². The Labute approximate surface area is 108 Å². The molecule has 2 aromatic rings. The molecule has 3 heteroatoms. The summed E-state index contributed by atoms with van der Waals surface area (Å²) in [6.07, 6.45) is 1.63. The van der Waals surface area contributed by atoms with Gasteiger partial charge in [-0.15, -0.1) is 0 Å². The van der Waals surface area contributed by atoms with Gasteiger partial charge in [-0.25, -0.2) is 9.97 Å². The molecule has 1 aromatic carbocycles. The van der Waals surface area contributed by atoms with Crippen molar-refractivity contribution in [2.24, 2.45) is 0 Å². The molecular formula is C15H19N3. The van der Waals surface area contributed by atoms with Crippen LogP contribution in [0.1, 0.15) is 23.6 Å². The topological polar surface area (TPSA) is 37.8 Å². The molecule has 0 aliphatic rings. The zero-order chi connectivity index (χ0) is 13.1. The molecular weight excluding hydrogens is 222 g/mol. The van der Waals surface area contributed by atoms with Gasteiger partial charge in [0.2, 0.25) is 0 Å². The summed E-state index contributed by atoms with van der Waals surface area (Å²) in [5, 5.41) is 3.27. The van der Waals surface area contributed by atoms with Crippen LogP contribution in [0.5, 0.6) is 0 Å². The number of anilines is 1. The lowest BCUT2D eigenvalue weighted by molar-refractivity contribution is 1.08. The highest BCUT2D eigenvalue weighted by Crippen LogP contribution is 2.28. The molecule has 0 unspecified atom stereocenters. The molecule has 0 spiro atoms. The molecule has 0 aliphatic carbocycles. The zero-order valence-electron chi connectivity index (χ0n) is 11.4. The van der Waals surface area contributed by atoms with Gasteiger partial charge in [-0.3, -0.25) is 0 Å². The van der Waals surface area contributed by atoms with Gasteiger partial charge in [0.25, 0.3) is 0 Å². The third-order valence-corrected chi connectivity index (χ3v) is 3.08. The maximum absolute atomic E-state index is 4.44. The summed E-state index contributed by atoms with van der Waals surface area (Å²) in [4.78, 5) is 8.73. The summed E-state index contributed by atoms with van der Waals surface area (Å²) in [7, 11) is 0. The maximum Gasteiger partial charge on any atom is 0.132 e. The Bertz CT molecular complexity index is 562. The molecule has 0 saturated carbocycles. The Morgan fingerprint density at radius 3 is 2.61 bits per heavy atom. The normalized spacial score (nSPS) is 10.4. The van der Waals surface area contributed by atoms with Gasteiger partial charge in [0, 0.05) is 17.7 Å². The van der Waals surface area contributed by atoms with Crippen LogP contribution >= 0.6 is 0 Å². The second-order valence-electron chi connectivity index (χ2n) is 4.54. The smallest absolute Gasteiger partial charge is 0.132 e. The molecule has 1 aromatic heterocycles. The number of nitrogens with one attached hydrogen (secondary N) is 1. The fraction of sp³-hybridized carbons (Fsp3) is 0.333. The summed E-state index contributed by atoms with van der Waals surface area (Å²) < 4.78 is 0. The van der Waals surface area contributed by atoms with Gasteiger partial charge in [-0.05, 0) is 39.3 Å². The Hall–Kier alpha value is -1.90. The van der Waals surface area contributed by atoms with E-state index in [0.717, 1.165) is 23.6 Å². The van der Waals surface area contributed by atoms with Crippen molar-refractivity contribution in [2.45, 2.75) is 27.7 Å². The number of rotatable bonds is 3. The van der Waals surface area contributed by atoms with Crippen LogP contribution in [0.15, 0.2) is 24.5 Å². The molecule has 1 N–H and O–H groups in total. The Kier molecular flexibility index (Phi) is 3.60. The molecule has 0 amide bonds. The van der Waals surface area contributed by atoms with Crippen LogP contribution in [0.25, 0.3) is 11.3 Å². The van der Waals surface area contributed by atoms with Crippen molar-refractivity contribution in [3.05, 3.63) is 41.2 Å². The van der Waals surface area contributed by atoms with E-state index in [4.69, 9.17) is 0 Å². The van der Waals surface area contributed by atoms with Crippen LogP contribution in [0.3, 0.4) is 0 Å². The first-order valence-electron chi connectivity index (χ1n) is 6.26. The van der Waals surface area contributed by atoms with E-state index in [-0.39, 0.29) is 0 Å². The van der Waals surface area contributed by atoms with Crippen LogP contribution in [0.2, 0.25) is 0 Å². The van der Waals surface area contributed by atoms with E-state index < -0.39 is 0 Å². The second kappa shape index (κ2) is 5.17. The molecule has 2 rings (SSSR count). The van der Waals surface area contributed by atoms with Crippen LogP contribution < -0.4 is 5.32 Å². The summed E-state index contributed by atoms with van der Waals surface area (Å²) in [5.41, 5.74) is 5.80. The first-order valence-corrected chi connectivity index (χ1v) is 6.26. The first kappa shape index (κ1) is 12.6. The lowest BCUT2D eigenvalue weighted by Crippen LogP contribution is -2.04. The van der Waals surface area contributed by atoms with Crippen molar-refractivity contribution in [3.8, 4) is 11.3 Å². The van der Waals surface area contributed by atoms with Crippen molar-refractivity contribution in [1.82, 2.24) is 9.97 Å². The third-order valence-electron chi connectivity index (χ3n) is 3.08. The predicted octanol–water partition coefficient (Wildman–Crippen LogP) is 3.50. The van der Waals surface area contributed by atoms with Gasteiger partial charge in [-0.2, -0.15) is 0 Å². The minimum Gasteiger partial charge on any atom is -0.370 e. The highest BCUT2D eigenvalue weighted by molar-refractivity contribution is 5.71. The molecule has 0 atom stereocenters. The highest BCUT2D eigenvalue weighted by Gasteiger charge is 2.10. The minimum atomic E-state index is 0.865. The predicted molar refractivity (Wildman–Crippen MR) is 75.8 cm³/mol. The standard InChI is InChI=1S/C15H19N3/c1-5-16-15-12(4)14(17-9-18-15)13-8-10(2)6-7-11(13)3/h6-9H,5H2,1-4H3,(H,16,17,18). The fourth-order valence-corrected chi connectivity index (χ4v) is 2.06. The van der Waals surface area contributed by atoms with Crippen LogP contribution in [-0.2, 0) is 0 Å². The largest absolute Gasteiger partial charge is 0.370 e. The maximum atomic E-state index is 4.44. The molecule has 0 fully saturated rings. The summed E-state index contributed by atoms with van der Waals surface area (Å²) in [6.45, 7) is 9.21. The van der Waals surface area contributed by atoms with Gasteiger partial charge in [0.15, 0.2) is 0 Å². The first-order chi connectivity index (χ1) is 8.63. The van der Waals surface area contributed by atoms with Crippen molar-refractivity contribution < 1.29 is 0 Å². The lowest BCUT2D eigenvalue weighted by Gasteiger charge is -2.12. The number of hydrogen-bond acceptors (Lipinski definition) is 3. The molecule has 0 aliphatic heterocycles. The van der Waals surface area contributed by atoms with Crippen molar-refractivity contribution in [1.29, 1.82) is 0 Å². The van der Waals surface area contributed by atoms with E-state index in [2.05, 4.69) is 61.2 Å².